The second-order valence-electron chi connectivity index (χ2n) is 6.71. The van der Waals surface area contributed by atoms with E-state index in [1.54, 1.807) is 25.3 Å². The molecular weight excluding hydrogens is 439 g/mol. The zero-order valence-corrected chi connectivity index (χ0v) is 18.2. The van der Waals surface area contributed by atoms with Crippen LogP contribution in [0.5, 0.6) is 17.4 Å². The van der Waals surface area contributed by atoms with Crippen molar-refractivity contribution >= 4 is 23.2 Å². The number of halogens is 2. The summed E-state index contributed by atoms with van der Waals surface area (Å²) in [5.41, 5.74) is 9.12. The quantitative estimate of drug-likeness (QED) is 0.558. The first-order chi connectivity index (χ1) is 15.0. The van der Waals surface area contributed by atoms with E-state index < -0.39 is 5.92 Å². The molecule has 2 heterocycles. The number of rotatable bonds is 5. The number of H-pyrrole nitrogens is 1. The van der Waals surface area contributed by atoms with Crippen molar-refractivity contribution in [3.05, 3.63) is 69.0 Å². The van der Waals surface area contributed by atoms with Gasteiger partial charge < -0.3 is 19.9 Å². The van der Waals surface area contributed by atoms with Gasteiger partial charge in [0.25, 0.3) is 0 Å². The third-order valence-corrected chi connectivity index (χ3v) is 5.71. The summed E-state index contributed by atoms with van der Waals surface area (Å²) in [6, 6.07) is 12.9. The first-order valence-electron chi connectivity index (χ1n) is 9.40. The molecule has 158 valence electrons. The number of nitrogens with two attached hydrogens (primary N) is 1. The number of aromatic amines is 1. The van der Waals surface area contributed by atoms with Crippen molar-refractivity contribution in [1.29, 1.82) is 5.26 Å². The van der Waals surface area contributed by atoms with Crippen LogP contribution in [0.3, 0.4) is 0 Å². The maximum Gasteiger partial charge on any atom is 0.244 e. The summed E-state index contributed by atoms with van der Waals surface area (Å²) >= 11 is 12.4. The monoisotopic (exact) mass is 456 g/mol. The van der Waals surface area contributed by atoms with Crippen molar-refractivity contribution in [3.63, 3.8) is 0 Å². The minimum atomic E-state index is -0.546. The van der Waals surface area contributed by atoms with E-state index >= 15 is 0 Å². The fourth-order valence-corrected chi connectivity index (χ4v) is 3.89. The normalized spacial score (nSPS) is 15.1. The van der Waals surface area contributed by atoms with Crippen molar-refractivity contribution in [2.24, 2.45) is 5.73 Å². The van der Waals surface area contributed by atoms with Gasteiger partial charge in [-0.2, -0.15) is 5.26 Å². The second kappa shape index (κ2) is 8.42. The van der Waals surface area contributed by atoms with Crippen molar-refractivity contribution < 1.29 is 14.2 Å². The van der Waals surface area contributed by atoms with Crippen LogP contribution in [0.15, 0.2) is 47.9 Å². The van der Waals surface area contributed by atoms with Gasteiger partial charge in [-0.05, 0) is 42.8 Å². The van der Waals surface area contributed by atoms with Gasteiger partial charge in [0.05, 0.1) is 40.9 Å². The summed E-state index contributed by atoms with van der Waals surface area (Å²) in [7, 11) is 1.57. The van der Waals surface area contributed by atoms with Gasteiger partial charge in [0.15, 0.2) is 11.5 Å². The Morgan fingerprint density at radius 3 is 2.68 bits per heavy atom. The number of hydrogen-bond donors (Lipinski definition) is 2. The number of nitrogens with zero attached hydrogens (tertiary/aromatic N) is 2. The molecule has 4 rings (SSSR count). The molecule has 2 aromatic carbocycles. The van der Waals surface area contributed by atoms with E-state index in [1.165, 1.54) is 0 Å². The van der Waals surface area contributed by atoms with E-state index in [9.17, 15) is 5.26 Å². The number of aromatic nitrogens is 2. The molecule has 0 unspecified atom stereocenters. The van der Waals surface area contributed by atoms with Crippen LogP contribution in [-0.4, -0.2) is 23.9 Å². The van der Waals surface area contributed by atoms with Gasteiger partial charge in [0.1, 0.15) is 11.6 Å². The summed E-state index contributed by atoms with van der Waals surface area (Å²) in [5.74, 6) is 0.931. The molecule has 7 nitrogen and oxygen atoms in total. The fourth-order valence-electron chi connectivity index (χ4n) is 3.59. The van der Waals surface area contributed by atoms with Crippen LogP contribution < -0.4 is 19.9 Å². The third kappa shape index (κ3) is 3.65. The van der Waals surface area contributed by atoms with Crippen molar-refractivity contribution in [3.8, 4) is 34.7 Å². The van der Waals surface area contributed by atoms with Gasteiger partial charge in [0.2, 0.25) is 11.8 Å². The van der Waals surface area contributed by atoms with Crippen molar-refractivity contribution in [2.45, 2.75) is 12.8 Å². The van der Waals surface area contributed by atoms with E-state index in [0.717, 1.165) is 11.1 Å². The average molecular weight is 457 g/mol. The molecule has 0 fully saturated rings. The summed E-state index contributed by atoms with van der Waals surface area (Å²) in [6.45, 7) is 2.41. The van der Waals surface area contributed by atoms with E-state index in [2.05, 4.69) is 16.3 Å². The lowest BCUT2D eigenvalue weighted by atomic mass is 9.83. The lowest BCUT2D eigenvalue weighted by Crippen LogP contribution is -2.21. The fraction of sp³-hybridized carbons (Fsp3) is 0.182. The zero-order chi connectivity index (χ0) is 22.1. The van der Waals surface area contributed by atoms with Crippen LogP contribution in [0.1, 0.15) is 24.0 Å². The lowest BCUT2D eigenvalue weighted by Gasteiger charge is -2.24. The number of ether oxygens (including phenoxy) is 3. The van der Waals surface area contributed by atoms with E-state index in [1.807, 2.05) is 25.1 Å². The summed E-state index contributed by atoms with van der Waals surface area (Å²) in [5, 5.41) is 17.9. The summed E-state index contributed by atoms with van der Waals surface area (Å²) < 4.78 is 16.7. The van der Waals surface area contributed by atoms with Gasteiger partial charge in [-0.1, -0.05) is 29.3 Å². The van der Waals surface area contributed by atoms with Crippen molar-refractivity contribution in [2.75, 3.05) is 13.7 Å². The highest BCUT2D eigenvalue weighted by molar-refractivity contribution is 6.42. The van der Waals surface area contributed by atoms with Gasteiger partial charge in [-0.3, -0.25) is 5.10 Å². The van der Waals surface area contributed by atoms with E-state index in [4.69, 9.17) is 43.1 Å². The SMILES string of the molecule is CCOc1ccc(-c2[nH]nc3c2[C@@H](c2ccc(Cl)c(Cl)c2)C(C#N)=C(N)O3)cc1OC. The van der Waals surface area contributed by atoms with Crippen LogP contribution in [0.2, 0.25) is 10.0 Å². The molecule has 3 N–H and O–H groups in total. The Balaban J connectivity index is 1.90. The predicted molar refractivity (Wildman–Crippen MR) is 118 cm³/mol. The molecule has 1 atom stereocenters. The highest BCUT2D eigenvalue weighted by Crippen LogP contribution is 2.47. The number of allylic oxidation sites excluding steroid dienone is 1. The van der Waals surface area contributed by atoms with Gasteiger partial charge in [-0.15, -0.1) is 5.10 Å². The van der Waals surface area contributed by atoms with Crippen LogP contribution in [-0.2, 0) is 0 Å². The van der Waals surface area contributed by atoms with Crippen LogP contribution >= 0.6 is 23.2 Å². The average Bonchev–Trinajstić information content (AvgIpc) is 3.18. The molecule has 0 aliphatic carbocycles. The molecule has 1 aliphatic heterocycles. The Kier molecular flexibility index (Phi) is 5.68. The Morgan fingerprint density at radius 1 is 1.19 bits per heavy atom. The number of nitriles is 1. The van der Waals surface area contributed by atoms with E-state index in [0.29, 0.717) is 39.4 Å². The lowest BCUT2D eigenvalue weighted by molar-refractivity contribution is 0.311. The highest BCUT2D eigenvalue weighted by atomic mass is 35.5. The molecule has 0 bridgehead atoms. The van der Waals surface area contributed by atoms with Crippen molar-refractivity contribution in [1.82, 2.24) is 10.2 Å². The maximum atomic E-state index is 9.83. The minimum absolute atomic E-state index is 0.00611. The summed E-state index contributed by atoms with van der Waals surface area (Å²) in [6.07, 6.45) is 0. The second-order valence-corrected chi connectivity index (χ2v) is 7.53. The predicted octanol–water partition coefficient (Wildman–Crippen LogP) is 5.01. The van der Waals surface area contributed by atoms with E-state index in [-0.39, 0.29) is 17.3 Å². The Bertz CT molecular complexity index is 1230. The molecule has 0 radical (unpaired) electrons. The molecule has 31 heavy (non-hydrogen) atoms. The van der Waals surface area contributed by atoms with Gasteiger partial charge in [0, 0.05) is 5.56 Å². The molecule has 3 aromatic rings. The van der Waals surface area contributed by atoms with Gasteiger partial charge in [-0.25, -0.2) is 0 Å². The Morgan fingerprint density at radius 2 is 2.00 bits per heavy atom. The minimum Gasteiger partial charge on any atom is -0.493 e. The number of hydrogen-bond acceptors (Lipinski definition) is 6. The Hall–Kier alpha value is -3.34. The van der Waals surface area contributed by atoms with Crippen LogP contribution in [0.25, 0.3) is 11.3 Å². The number of benzene rings is 2. The van der Waals surface area contributed by atoms with Crippen LogP contribution in [0.4, 0.5) is 0 Å². The molecule has 1 aromatic heterocycles. The highest BCUT2D eigenvalue weighted by Gasteiger charge is 2.36. The van der Waals surface area contributed by atoms with Crippen LogP contribution in [0, 0.1) is 11.3 Å². The molecule has 0 spiro atoms. The number of nitrogens with one attached hydrogen (secondary N) is 1. The molecule has 9 heteroatoms. The smallest absolute Gasteiger partial charge is 0.244 e. The standard InChI is InChI=1S/C22H18Cl2N4O3/c1-3-30-16-7-5-12(9-17(16)29-2)20-19-18(11-4-6-14(23)15(24)8-11)13(10-25)21(26)31-22(19)28-27-20/h4-9,18H,3,26H2,1-2H3,(H,27,28)/t18-/m0/s1. The molecule has 1 aliphatic rings. The first kappa shape index (κ1) is 20.9. The largest absolute Gasteiger partial charge is 0.493 e. The van der Waals surface area contributed by atoms with Gasteiger partial charge >= 0.3 is 0 Å². The number of fused-ring (bicyclic) bond motifs is 1. The molecular formula is C22H18Cl2N4O3. The Labute approximate surface area is 188 Å². The zero-order valence-electron chi connectivity index (χ0n) is 16.7. The molecule has 0 saturated carbocycles. The molecule has 0 saturated heterocycles. The third-order valence-electron chi connectivity index (χ3n) is 4.97. The number of methoxy groups -OCH3 is 1. The maximum absolute atomic E-state index is 9.83. The summed E-state index contributed by atoms with van der Waals surface area (Å²) in [4.78, 5) is 0. The molecule has 0 amide bonds. The topological polar surface area (TPSA) is 106 Å². The first-order valence-corrected chi connectivity index (χ1v) is 10.2.